The van der Waals surface area contributed by atoms with E-state index in [0.717, 1.165) is 38.5 Å². The van der Waals surface area contributed by atoms with Gasteiger partial charge in [-0.25, -0.2) is 9.59 Å². The Labute approximate surface area is 213 Å². The van der Waals surface area contributed by atoms with Gasteiger partial charge in [-0.05, 0) is 74.0 Å². The fraction of sp³-hybridized carbons (Fsp3) is 0.759. The molecule has 0 aromatic carbocycles. The topological polar surface area (TPSA) is 93.7 Å². The number of allylic oxidation sites excluding steroid dienone is 4. The highest BCUT2D eigenvalue weighted by Crippen LogP contribution is 2.57. The van der Waals surface area contributed by atoms with E-state index in [0.29, 0.717) is 36.5 Å². The number of hydrogen-bond acceptors (Lipinski definition) is 5. The minimum Gasteiger partial charge on any atom is -0.449 e. The Morgan fingerprint density at radius 3 is 1.44 bits per heavy atom. The van der Waals surface area contributed by atoms with Crippen molar-refractivity contribution in [2.45, 2.75) is 77.3 Å². The highest BCUT2D eigenvalue weighted by molar-refractivity contribution is 5.80. The van der Waals surface area contributed by atoms with Gasteiger partial charge in [-0.2, -0.15) is 0 Å². The predicted molar refractivity (Wildman–Crippen MR) is 134 cm³/mol. The van der Waals surface area contributed by atoms with E-state index < -0.39 is 0 Å². The molecule has 0 aromatic rings. The number of hydrogen-bond donors (Lipinski definition) is 2. The molecule has 0 aromatic heterocycles. The van der Waals surface area contributed by atoms with Crippen LogP contribution in [-0.4, -0.2) is 43.3 Å². The molecule has 0 spiro atoms. The summed E-state index contributed by atoms with van der Waals surface area (Å²) in [5.74, 6) is 2.72. The Morgan fingerprint density at radius 1 is 0.722 bits per heavy atom. The lowest BCUT2D eigenvalue weighted by Crippen LogP contribution is -2.41. The zero-order valence-corrected chi connectivity index (χ0v) is 21.5. The summed E-state index contributed by atoms with van der Waals surface area (Å²) in [6.07, 6.45) is 15.0. The standard InChI is InChI=1S/C29H40N2O5/c1-17-7-24(17)30-26(33)35-15-28(11-19-3-5-21(28)9-19)13-23(32)14-29(12-20-4-6-22(29)10-20)16-36-27(34)31-25-8-18(25)2/h3-6,17-22,24-25H,7-16H2,1-2H3,(H,30,33)(H,31,34). The van der Waals surface area contributed by atoms with E-state index in [-0.39, 0.29) is 65.9 Å². The van der Waals surface area contributed by atoms with Gasteiger partial charge in [0.2, 0.25) is 0 Å². The number of fused-ring (bicyclic) bond motifs is 4. The van der Waals surface area contributed by atoms with E-state index in [2.05, 4.69) is 48.8 Å². The van der Waals surface area contributed by atoms with Gasteiger partial charge in [0.25, 0.3) is 0 Å². The fourth-order valence-corrected chi connectivity index (χ4v) is 7.65. The summed E-state index contributed by atoms with van der Waals surface area (Å²) in [6, 6.07) is 0.446. The third-order valence-electron chi connectivity index (χ3n) is 10.2. The summed E-state index contributed by atoms with van der Waals surface area (Å²) in [6.45, 7) is 4.81. The number of alkyl carbamates (subject to hydrolysis) is 2. The first-order chi connectivity index (χ1) is 17.2. The molecule has 6 rings (SSSR count). The third kappa shape index (κ3) is 4.70. The Morgan fingerprint density at radius 2 is 1.14 bits per heavy atom. The van der Waals surface area contributed by atoms with Crippen molar-refractivity contribution in [3.63, 3.8) is 0 Å². The Kier molecular flexibility index (Phi) is 5.95. The van der Waals surface area contributed by atoms with Crippen LogP contribution in [0.5, 0.6) is 0 Å². The molecule has 0 aliphatic heterocycles. The normalized spacial score (nSPS) is 44.5. The van der Waals surface area contributed by atoms with Crippen molar-refractivity contribution in [1.29, 1.82) is 0 Å². The molecule has 36 heavy (non-hydrogen) atoms. The number of rotatable bonds is 10. The Hall–Kier alpha value is -2.31. The van der Waals surface area contributed by atoms with Crippen LogP contribution < -0.4 is 10.6 Å². The van der Waals surface area contributed by atoms with Crippen molar-refractivity contribution in [2.75, 3.05) is 13.2 Å². The number of Topliss-reactive ketones (excluding diaryl/α,β-unsaturated/α-hetero) is 1. The summed E-state index contributed by atoms with van der Waals surface area (Å²) in [7, 11) is 0. The molecular weight excluding hydrogens is 456 g/mol. The van der Waals surface area contributed by atoms with Crippen molar-refractivity contribution in [1.82, 2.24) is 10.6 Å². The quantitative estimate of drug-likeness (QED) is 0.425. The summed E-state index contributed by atoms with van der Waals surface area (Å²) in [5, 5.41) is 5.89. The maximum absolute atomic E-state index is 13.7. The van der Waals surface area contributed by atoms with Crippen molar-refractivity contribution in [3.8, 4) is 0 Å². The average Bonchev–Trinajstić information content (AvgIpc) is 3.38. The summed E-state index contributed by atoms with van der Waals surface area (Å²) >= 11 is 0. The first kappa shape index (κ1) is 24.1. The molecule has 0 heterocycles. The van der Waals surface area contributed by atoms with Gasteiger partial charge in [0, 0.05) is 35.8 Å². The fourth-order valence-electron chi connectivity index (χ4n) is 7.65. The SMILES string of the molecule is CC1CC1NC(=O)OCC1(CC(=O)CC2(COC(=O)NC3CC3C)CC3C=CC2C3)CC2C=CC1C2. The molecule has 4 bridgehead atoms. The highest BCUT2D eigenvalue weighted by atomic mass is 16.6. The lowest BCUT2D eigenvalue weighted by atomic mass is 9.68. The largest absolute Gasteiger partial charge is 0.449 e. The van der Waals surface area contributed by atoms with Gasteiger partial charge in [0.15, 0.2) is 0 Å². The van der Waals surface area contributed by atoms with Crippen LogP contribution in [-0.2, 0) is 14.3 Å². The summed E-state index contributed by atoms with van der Waals surface area (Å²) < 4.78 is 11.5. The third-order valence-corrected chi connectivity index (χ3v) is 10.2. The number of carbonyl (C=O) groups is 3. The average molecular weight is 497 g/mol. The zero-order valence-electron chi connectivity index (χ0n) is 21.5. The second-order valence-corrected chi connectivity index (χ2v) is 13.1. The van der Waals surface area contributed by atoms with E-state index >= 15 is 0 Å². The zero-order chi connectivity index (χ0) is 25.1. The molecule has 196 valence electrons. The van der Waals surface area contributed by atoms with Gasteiger partial charge in [0.1, 0.15) is 5.78 Å². The molecule has 4 saturated carbocycles. The van der Waals surface area contributed by atoms with Crippen LogP contribution in [0.25, 0.3) is 0 Å². The number of ketones is 1. The molecule has 6 aliphatic carbocycles. The molecule has 0 radical (unpaired) electrons. The van der Waals surface area contributed by atoms with E-state index in [4.69, 9.17) is 9.47 Å². The second kappa shape index (κ2) is 8.91. The molecule has 7 nitrogen and oxygen atoms in total. The highest BCUT2D eigenvalue weighted by Gasteiger charge is 2.54. The van der Waals surface area contributed by atoms with Crippen molar-refractivity contribution < 1.29 is 23.9 Å². The summed E-state index contributed by atoms with van der Waals surface area (Å²) in [5.41, 5.74) is -0.643. The summed E-state index contributed by atoms with van der Waals surface area (Å²) in [4.78, 5) is 38.5. The first-order valence-electron chi connectivity index (χ1n) is 14.0. The number of carbonyl (C=O) groups excluding carboxylic acids is 3. The molecule has 0 saturated heterocycles. The number of ether oxygens (including phenoxy) is 2. The maximum atomic E-state index is 13.7. The van der Waals surface area contributed by atoms with Crippen LogP contribution >= 0.6 is 0 Å². The molecule has 2 N–H and O–H groups in total. The van der Waals surface area contributed by atoms with Gasteiger partial charge >= 0.3 is 12.2 Å². The van der Waals surface area contributed by atoms with Crippen LogP contribution in [0.3, 0.4) is 0 Å². The van der Waals surface area contributed by atoms with Crippen molar-refractivity contribution in [2.24, 2.45) is 46.3 Å². The lowest BCUT2D eigenvalue weighted by molar-refractivity contribution is -0.126. The molecule has 6 aliphatic rings. The van der Waals surface area contributed by atoms with Crippen LogP contribution in [0.1, 0.15) is 65.2 Å². The molecule has 10 unspecified atom stereocenters. The van der Waals surface area contributed by atoms with Gasteiger partial charge < -0.3 is 20.1 Å². The minimum absolute atomic E-state index is 0.205. The van der Waals surface area contributed by atoms with Crippen molar-refractivity contribution in [3.05, 3.63) is 24.3 Å². The molecular formula is C29H40N2O5. The Balaban J connectivity index is 1.10. The Bertz CT molecular complexity index is 916. The first-order valence-corrected chi connectivity index (χ1v) is 14.0. The molecule has 7 heteroatoms. The minimum atomic E-state index is -0.359. The molecule has 10 atom stereocenters. The van der Waals surface area contributed by atoms with E-state index in [9.17, 15) is 14.4 Å². The van der Waals surface area contributed by atoms with Crippen LogP contribution in [0.2, 0.25) is 0 Å². The van der Waals surface area contributed by atoms with Gasteiger partial charge in [-0.3, -0.25) is 4.79 Å². The van der Waals surface area contributed by atoms with E-state index in [1.807, 2.05) is 0 Å². The maximum Gasteiger partial charge on any atom is 0.407 e. The van der Waals surface area contributed by atoms with Gasteiger partial charge in [0.05, 0.1) is 13.2 Å². The number of amides is 2. The van der Waals surface area contributed by atoms with Gasteiger partial charge in [-0.15, -0.1) is 0 Å². The van der Waals surface area contributed by atoms with E-state index in [1.165, 1.54) is 0 Å². The van der Waals surface area contributed by atoms with E-state index in [1.54, 1.807) is 0 Å². The van der Waals surface area contributed by atoms with Crippen LogP contribution in [0.4, 0.5) is 9.59 Å². The monoisotopic (exact) mass is 496 g/mol. The smallest absolute Gasteiger partial charge is 0.407 e. The predicted octanol–water partition coefficient (Wildman–Crippen LogP) is 4.77. The van der Waals surface area contributed by atoms with Crippen LogP contribution in [0.15, 0.2) is 24.3 Å². The molecule has 2 amide bonds. The number of nitrogens with one attached hydrogen (secondary N) is 2. The van der Waals surface area contributed by atoms with Crippen LogP contribution in [0, 0.1) is 46.3 Å². The second-order valence-electron chi connectivity index (χ2n) is 13.1. The lowest BCUT2D eigenvalue weighted by Gasteiger charge is -2.38. The van der Waals surface area contributed by atoms with Crippen molar-refractivity contribution >= 4 is 18.0 Å². The molecule has 4 fully saturated rings. The van der Waals surface area contributed by atoms with Gasteiger partial charge in [-0.1, -0.05) is 38.2 Å².